The summed E-state index contributed by atoms with van der Waals surface area (Å²) < 4.78 is 23.1. The fourth-order valence-corrected chi connectivity index (χ4v) is 10.1. The van der Waals surface area contributed by atoms with Crippen molar-refractivity contribution in [1.82, 2.24) is 0 Å². The third kappa shape index (κ3) is 18.8. The van der Waals surface area contributed by atoms with E-state index in [9.17, 15) is 29.4 Å². The van der Waals surface area contributed by atoms with Gasteiger partial charge in [-0.1, -0.05) is 84.9 Å². The molecule has 6 aliphatic rings. The Morgan fingerprint density at radius 1 is 0.667 bits per heavy atom. The summed E-state index contributed by atoms with van der Waals surface area (Å²) in [4.78, 5) is 48.8. The first kappa shape index (κ1) is 69.5. The molecule has 2 aliphatic heterocycles. The van der Waals surface area contributed by atoms with Crippen molar-refractivity contribution in [1.29, 1.82) is 0 Å². The summed E-state index contributed by atoms with van der Waals surface area (Å²) in [6.45, 7) is 18.6. The second-order valence-corrected chi connectivity index (χ2v) is 19.6. The number of hydrogen-bond acceptors (Lipinski definition) is 10. The van der Waals surface area contributed by atoms with Crippen LogP contribution in [0.1, 0.15) is 139 Å². The Morgan fingerprint density at radius 2 is 1.06 bits per heavy atom. The van der Waals surface area contributed by atoms with Gasteiger partial charge in [-0.15, -0.1) is 0 Å². The number of cyclic esters (lactones) is 2. The van der Waals surface area contributed by atoms with Crippen molar-refractivity contribution in [2.75, 3.05) is 0 Å². The first-order valence-electron chi connectivity index (χ1n) is 22.8. The van der Waals surface area contributed by atoms with Gasteiger partial charge in [-0.3, -0.25) is 19.2 Å². The van der Waals surface area contributed by atoms with E-state index in [4.69, 9.17) is 18.9 Å². The van der Waals surface area contributed by atoms with E-state index in [1.165, 1.54) is 11.1 Å². The summed E-state index contributed by atoms with van der Waals surface area (Å²) in [6, 6.07) is 0. The maximum atomic E-state index is 12.9. The van der Waals surface area contributed by atoms with E-state index in [1.54, 1.807) is 0 Å². The lowest BCUT2D eigenvalue weighted by atomic mass is 9.65. The minimum Gasteiger partial charge on any atom is -0.462 e. The standard InChI is InChI=1S/C25H38O5.C24H36O5.7H2S/c1-6-25(4,5)24(28)30-21-12-15(2)11-17-8-7-16(3)20(23(17)21)10-9-19-13-18(26)14-22(27)29-19;1-5-15(3)24(27)29-21-11-14(2)10-17-7-6-16(4)20(23(17)21)9-8-19-12-18(25)13-22(26)28-19;;;;;;;/h7-8,11,15-16,18-21,23,26H,6,9-10,12-14H2,1-5H3;6-7,10,14-16,18-21,23,25H,5,8-9,11-13H2,1-4H3;7*1H2/t15-,16-,18+,19+,20-,21?,23-;14-,15-,16-,18+,19+,20-,21?,23-;;;;;;;/m00......./s1. The summed E-state index contributed by atoms with van der Waals surface area (Å²) >= 11 is 0. The molecular formula is C49H88O10S7. The van der Waals surface area contributed by atoms with Gasteiger partial charge in [0.2, 0.25) is 0 Å². The minimum absolute atomic E-state index is 0. The zero-order chi connectivity index (χ0) is 43.2. The smallest absolute Gasteiger partial charge is 0.311 e. The summed E-state index contributed by atoms with van der Waals surface area (Å²) in [6.07, 6.45) is 19.3. The van der Waals surface area contributed by atoms with Gasteiger partial charge in [-0.25, -0.2) is 0 Å². The average Bonchev–Trinajstić information content (AvgIpc) is 3.16. The Kier molecular flexibility index (Phi) is 33.2. The molecule has 0 saturated carbocycles. The highest BCUT2D eigenvalue weighted by Crippen LogP contribution is 2.47. The number of hydrogen-bond donors (Lipinski definition) is 2. The van der Waals surface area contributed by atoms with Crippen LogP contribution in [0.5, 0.6) is 0 Å². The molecule has 0 radical (unpaired) electrons. The molecule has 15 atom stereocenters. The van der Waals surface area contributed by atoms with Gasteiger partial charge in [0.25, 0.3) is 0 Å². The van der Waals surface area contributed by atoms with Crippen LogP contribution in [0.2, 0.25) is 0 Å². The number of ether oxygens (including phenoxy) is 4. The van der Waals surface area contributed by atoms with Gasteiger partial charge >= 0.3 is 23.9 Å². The lowest BCUT2D eigenvalue weighted by molar-refractivity contribution is -0.166. The zero-order valence-corrected chi connectivity index (χ0v) is 47.8. The topological polar surface area (TPSA) is 146 Å². The number of carbonyl (C=O) groups excluding carboxylic acids is 4. The largest absolute Gasteiger partial charge is 0.462 e. The molecule has 2 heterocycles. The van der Waals surface area contributed by atoms with Gasteiger partial charge in [-0.2, -0.15) is 94.5 Å². The van der Waals surface area contributed by atoms with Gasteiger partial charge in [-0.05, 0) is 112 Å². The molecule has 10 nitrogen and oxygen atoms in total. The normalized spacial score (nSPS) is 33.3. The quantitative estimate of drug-likeness (QED) is 0.143. The number of rotatable bonds is 12. The van der Waals surface area contributed by atoms with Gasteiger partial charge in [0.1, 0.15) is 24.4 Å². The number of carbonyl (C=O) groups is 4. The van der Waals surface area contributed by atoms with Crippen LogP contribution >= 0.6 is 94.5 Å². The van der Waals surface area contributed by atoms with E-state index < -0.39 is 17.6 Å². The van der Waals surface area contributed by atoms with Gasteiger partial charge in [0.15, 0.2) is 0 Å². The van der Waals surface area contributed by atoms with Gasteiger partial charge < -0.3 is 29.2 Å². The third-order valence-electron chi connectivity index (χ3n) is 14.3. The molecule has 66 heavy (non-hydrogen) atoms. The van der Waals surface area contributed by atoms with Crippen molar-refractivity contribution in [3.05, 3.63) is 47.6 Å². The lowest BCUT2D eigenvalue weighted by Gasteiger charge is -2.44. The molecule has 0 aromatic heterocycles. The molecule has 0 aromatic carbocycles. The summed E-state index contributed by atoms with van der Waals surface area (Å²) in [7, 11) is 0. The molecule has 0 spiro atoms. The Labute approximate surface area is 446 Å². The van der Waals surface area contributed by atoms with Crippen LogP contribution in [-0.2, 0) is 38.1 Å². The van der Waals surface area contributed by atoms with Gasteiger partial charge in [0, 0.05) is 24.7 Å². The predicted molar refractivity (Wildman–Crippen MR) is 299 cm³/mol. The molecule has 17 heteroatoms. The fourth-order valence-electron chi connectivity index (χ4n) is 10.1. The molecule has 2 unspecified atom stereocenters. The van der Waals surface area contributed by atoms with Crippen LogP contribution in [-0.4, -0.2) is 70.7 Å². The highest BCUT2D eigenvalue weighted by atomic mass is 32.1. The van der Waals surface area contributed by atoms with E-state index >= 15 is 0 Å². The highest BCUT2D eigenvalue weighted by Gasteiger charge is 2.44. The van der Waals surface area contributed by atoms with Crippen molar-refractivity contribution in [3.63, 3.8) is 0 Å². The maximum absolute atomic E-state index is 12.9. The van der Waals surface area contributed by atoms with Crippen LogP contribution in [0, 0.1) is 58.7 Å². The minimum atomic E-state index is -0.601. The summed E-state index contributed by atoms with van der Waals surface area (Å²) in [5.74, 6) is 1.53. The van der Waals surface area contributed by atoms with Crippen molar-refractivity contribution >= 4 is 118 Å². The second-order valence-electron chi connectivity index (χ2n) is 19.6. The third-order valence-corrected chi connectivity index (χ3v) is 14.3. The first-order chi connectivity index (χ1) is 27.9. The molecule has 4 aliphatic carbocycles. The Morgan fingerprint density at radius 3 is 1.42 bits per heavy atom. The van der Waals surface area contributed by atoms with E-state index in [0.29, 0.717) is 48.3 Å². The number of fused-ring (bicyclic) bond motifs is 2. The average molecular weight is 1060 g/mol. The van der Waals surface area contributed by atoms with Crippen LogP contribution in [0.3, 0.4) is 0 Å². The number of aliphatic hydroxyl groups excluding tert-OH is 2. The molecule has 386 valence electrons. The summed E-state index contributed by atoms with van der Waals surface area (Å²) in [5.41, 5.74) is 2.06. The molecular weight excluding hydrogens is 973 g/mol. The Bertz CT molecular complexity index is 1640. The van der Waals surface area contributed by atoms with Crippen LogP contribution in [0.15, 0.2) is 47.6 Å². The Balaban J connectivity index is -0.00000109. The SMILES string of the molecule is CCC(C)(C)C(=O)OC1C[C@@H](C)C=C2C=C[C@H](C)[C@H](CC[C@@H]3C[C@@H](O)CC(=O)O3)[C@H]21.CC[C@H](C)C(=O)OC1C[C@@H](C)C=C2C=C[C@H](C)[C@H](CC[C@@H]3C[C@@H](O)CC(=O)O3)[C@H]21.S.S.S.S.S.S.S. The van der Waals surface area contributed by atoms with Gasteiger partial charge in [0.05, 0.1) is 36.4 Å². The van der Waals surface area contributed by atoms with Crippen LogP contribution in [0.4, 0.5) is 0 Å². The van der Waals surface area contributed by atoms with E-state index in [1.807, 2.05) is 34.6 Å². The number of esters is 4. The molecule has 2 fully saturated rings. The highest BCUT2D eigenvalue weighted by molar-refractivity contribution is 7.60. The van der Waals surface area contributed by atoms with Crippen molar-refractivity contribution in [2.45, 2.75) is 176 Å². The number of allylic oxidation sites excluding steroid dienone is 6. The zero-order valence-electron chi connectivity index (χ0n) is 40.8. The molecule has 6 rings (SSSR count). The van der Waals surface area contributed by atoms with Crippen LogP contribution in [0.25, 0.3) is 0 Å². The van der Waals surface area contributed by atoms with Crippen molar-refractivity contribution < 1.29 is 48.3 Å². The molecule has 2 N–H and O–H groups in total. The monoisotopic (exact) mass is 1060 g/mol. The summed E-state index contributed by atoms with van der Waals surface area (Å²) in [5, 5.41) is 19.8. The lowest BCUT2D eigenvalue weighted by Crippen LogP contribution is -2.43. The van der Waals surface area contributed by atoms with Crippen LogP contribution < -0.4 is 0 Å². The maximum Gasteiger partial charge on any atom is 0.311 e. The van der Waals surface area contributed by atoms with E-state index in [-0.39, 0.29) is 173 Å². The second kappa shape index (κ2) is 31.5. The number of aliphatic hydroxyl groups is 2. The van der Waals surface area contributed by atoms with E-state index in [0.717, 1.165) is 51.4 Å². The molecule has 0 amide bonds. The Hall–Kier alpha value is -0.790. The first-order valence-corrected chi connectivity index (χ1v) is 22.8. The molecule has 0 bridgehead atoms. The molecule has 0 aromatic rings. The predicted octanol–water partition coefficient (Wildman–Crippen LogP) is 9.57. The van der Waals surface area contributed by atoms with Crippen molar-refractivity contribution in [2.24, 2.45) is 58.7 Å². The fraction of sp³-hybridized carbons (Fsp3) is 0.755. The van der Waals surface area contributed by atoms with E-state index in [2.05, 4.69) is 64.2 Å². The van der Waals surface area contributed by atoms with Crippen molar-refractivity contribution in [3.8, 4) is 0 Å². The molecule has 2 saturated heterocycles.